The second-order valence-corrected chi connectivity index (χ2v) is 5.98. The van der Waals surface area contributed by atoms with Gasteiger partial charge >= 0.3 is 0 Å². The molecular weight excluding hydrogens is 328 g/mol. The Morgan fingerprint density at radius 3 is 2.65 bits per heavy atom. The Balaban J connectivity index is 1.42. The summed E-state index contributed by atoms with van der Waals surface area (Å²) in [5, 5.41) is 15.3. The number of para-hydroxylation sites is 1. The molecule has 7 nitrogen and oxygen atoms in total. The number of hydrogen-bond donors (Lipinski definition) is 1. The number of carbonyl (C=O) groups excluding carboxylic acids is 1. The van der Waals surface area contributed by atoms with Gasteiger partial charge in [-0.3, -0.25) is 9.48 Å². The minimum atomic E-state index is -0.102. The fourth-order valence-corrected chi connectivity index (χ4v) is 2.87. The standard InChI is InChI=1S/C19H18N6O/c26-19(14-25-18-9-4-3-8-17(18)22-23-25)20-12-15-6-1-2-7-16(15)13-24-11-5-10-21-24/h1-11H,12-14H2,(H,20,26). The summed E-state index contributed by atoms with van der Waals surface area (Å²) in [6.45, 7) is 1.28. The van der Waals surface area contributed by atoms with Crippen molar-refractivity contribution in [1.82, 2.24) is 30.1 Å². The third-order valence-corrected chi connectivity index (χ3v) is 4.20. The Kier molecular flexibility index (Phi) is 4.42. The maximum absolute atomic E-state index is 12.3. The molecule has 1 N–H and O–H groups in total. The highest BCUT2D eigenvalue weighted by atomic mass is 16.2. The van der Waals surface area contributed by atoms with Crippen LogP contribution in [-0.4, -0.2) is 30.7 Å². The van der Waals surface area contributed by atoms with Gasteiger partial charge in [0.2, 0.25) is 5.91 Å². The van der Waals surface area contributed by atoms with E-state index in [-0.39, 0.29) is 12.5 Å². The van der Waals surface area contributed by atoms with E-state index in [4.69, 9.17) is 0 Å². The molecule has 130 valence electrons. The SMILES string of the molecule is O=C(Cn1nnc2ccccc21)NCc1ccccc1Cn1cccn1. The van der Waals surface area contributed by atoms with Gasteiger partial charge in [0.1, 0.15) is 12.1 Å². The lowest BCUT2D eigenvalue weighted by molar-refractivity contribution is -0.121. The van der Waals surface area contributed by atoms with Crippen molar-refractivity contribution in [3.05, 3.63) is 78.1 Å². The summed E-state index contributed by atoms with van der Waals surface area (Å²) in [6.07, 6.45) is 3.68. The topological polar surface area (TPSA) is 77.6 Å². The van der Waals surface area contributed by atoms with E-state index < -0.39 is 0 Å². The predicted molar refractivity (Wildman–Crippen MR) is 97.1 cm³/mol. The molecule has 26 heavy (non-hydrogen) atoms. The van der Waals surface area contributed by atoms with Gasteiger partial charge in [0.15, 0.2) is 0 Å². The van der Waals surface area contributed by atoms with Crippen LogP contribution in [0.4, 0.5) is 0 Å². The molecule has 0 bridgehead atoms. The van der Waals surface area contributed by atoms with Crippen LogP contribution < -0.4 is 5.32 Å². The van der Waals surface area contributed by atoms with Crippen LogP contribution in [0.2, 0.25) is 0 Å². The van der Waals surface area contributed by atoms with Crippen LogP contribution in [0.1, 0.15) is 11.1 Å². The van der Waals surface area contributed by atoms with Crippen molar-refractivity contribution in [2.24, 2.45) is 0 Å². The third kappa shape index (κ3) is 3.46. The molecule has 4 aromatic rings. The number of nitrogens with one attached hydrogen (secondary N) is 1. The molecule has 0 aliphatic heterocycles. The van der Waals surface area contributed by atoms with Gasteiger partial charge in [-0.15, -0.1) is 5.10 Å². The maximum atomic E-state index is 12.3. The van der Waals surface area contributed by atoms with Crippen LogP contribution >= 0.6 is 0 Å². The Morgan fingerprint density at radius 2 is 1.81 bits per heavy atom. The largest absolute Gasteiger partial charge is 0.350 e. The van der Waals surface area contributed by atoms with Crippen molar-refractivity contribution in [3.63, 3.8) is 0 Å². The van der Waals surface area contributed by atoms with Crippen molar-refractivity contribution >= 4 is 16.9 Å². The van der Waals surface area contributed by atoms with Gasteiger partial charge in [0.05, 0.1) is 12.1 Å². The number of amides is 1. The molecule has 0 spiro atoms. The molecule has 0 saturated heterocycles. The predicted octanol–water partition coefficient (Wildman–Crippen LogP) is 1.99. The van der Waals surface area contributed by atoms with Crippen LogP contribution in [0.3, 0.4) is 0 Å². The van der Waals surface area contributed by atoms with Crippen molar-refractivity contribution in [3.8, 4) is 0 Å². The van der Waals surface area contributed by atoms with E-state index in [0.717, 1.165) is 22.2 Å². The summed E-state index contributed by atoms with van der Waals surface area (Å²) in [5.74, 6) is -0.102. The summed E-state index contributed by atoms with van der Waals surface area (Å²) in [7, 11) is 0. The monoisotopic (exact) mass is 346 g/mol. The second-order valence-electron chi connectivity index (χ2n) is 5.98. The number of benzene rings is 2. The van der Waals surface area contributed by atoms with Crippen molar-refractivity contribution in [1.29, 1.82) is 0 Å². The fourth-order valence-electron chi connectivity index (χ4n) is 2.87. The lowest BCUT2D eigenvalue weighted by Crippen LogP contribution is -2.28. The van der Waals surface area contributed by atoms with Gasteiger partial charge in [-0.1, -0.05) is 41.6 Å². The van der Waals surface area contributed by atoms with E-state index in [1.54, 1.807) is 10.9 Å². The first-order valence-corrected chi connectivity index (χ1v) is 8.39. The van der Waals surface area contributed by atoms with E-state index >= 15 is 0 Å². The number of aromatic nitrogens is 5. The number of carbonyl (C=O) groups is 1. The average molecular weight is 346 g/mol. The van der Waals surface area contributed by atoms with E-state index in [0.29, 0.717) is 13.1 Å². The normalized spacial score (nSPS) is 10.9. The highest BCUT2D eigenvalue weighted by molar-refractivity contribution is 5.79. The molecule has 0 fully saturated rings. The van der Waals surface area contributed by atoms with E-state index in [2.05, 4.69) is 20.7 Å². The Bertz CT molecular complexity index is 1020. The zero-order valence-corrected chi connectivity index (χ0v) is 14.1. The Hall–Kier alpha value is -3.48. The van der Waals surface area contributed by atoms with Crippen molar-refractivity contribution in [2.45, 2.75) is 19.6 Å². The molecule has 2 heterocycles. The number of rotatable bonds is 6. The number of nitrogens with zero attached hydrogens (tertiary/aromatic N) is 5. The average Bonchev–Trinajstić information content (AvgIpc) is 3.31. The number of hydrogen-bond acceptors (Lipinski definition) is 4. The second kappa shape index (κ2) is 7.18. The summed E-state index contributed by atoms with van der Waals surface area (Å²) in [4.78, 5) is 12.3. The lowest BCUT2D eigenvalue weighted by Gasteiger charge is -2.11. The molecule has 0 unspecified atom stereocenters. The summed E-state index contributed by atoms with van der Waals surface area (Å²) < 4.78 is 3.47. The summed E-state index contributed by atoms with van der Waals surface area (Å²) >= 11 is 0. The van der Waals surface area contributed by atoms with Crippen LogP contribution in [0.5, 0.6) is 0 Å². The van der Waals surface area contributed by atoms with E-state index in [9.17, 15) is 4.79 Å². The number of fused-ring (bicyclic) bond motifs is 1. The fraction of sp³-hybridized carbons (Fsp3) is 0.158. The van der Waals surface area contributed by atoms with Crippen LogP contribution in [0, 0.1) is 0 Å². The summed E-state index contributed by atoms with van der Waals surface area (Å²) in [6, 6.07) is 17.5. The van der Waals surface area contributed by atoms with Gasteiger partial charge in [-0.25, -0.2) is 4.68 Å². The molecule has 2 aromatic heterocycles. The van der Waals surface area contributed by atoms with Gasteiger partial charge in [0.25, 0.3) is 0 Å². The molecule has 0 radical (unpaired) electrons. The first kappa shape index (κ1) is 16.0. The zero-order valence-electron chi connectivity index (χ0n) is 14.1. The van der Waals surface area contributed by atoms with E-state index in [1.807, 2.05) is 65.5 Å². The van der Waals surface area contributed by atoms with Gasteiger partial charge in [-0.05, 0) is 29.3 Å². The van der Waals surface area contributed by atoms with E-state index in [1.165, 1.54) is 0 Å². The molecular formula is C19H18N6O. The van der Waals surface area contributed by atoms with Crippen LogP contribution in [0.25, 0.3) is 11.0 Å². The lowest BCUT2D eigenvalue weighted by atomic mass is 10.1. The smallest absolute Gasteiger partial charge is 0.242 e. The quantitative estimate of drug-likeness (QED) is 0.579. The molecule has 4 rings (SSSR count). The highest BCUT2D eigenvalue weighted by Crippen LogP contribution is 2.11. The molecule has 0 aliphatic carbocycles. The minimum absolute atomic E-state index is 0.102. The van der Waals surface area contributed by atoms with Gasteiger partial charge in [0, 0.05) is 18.9 Å². The van der Waals surface area contributed by atoms with Crippen LogP contribution in [0.15, 0.2) is 67.0 Å². The first-order chi connectivity index (χ1) is 12.8. The van der Waals surface area contributed by atoms with Gasteiger partial charge < -0.3 is 5.32 Å². The summed E-state index contributed by atoms with van der Waals surface area (Å²) in [5.41, 5.74) is 3.83. The third-order valence-electron chi connectivity index (χ3n) is 4.20. The highest BCUT2D eigenvalue weighted by Gasteiger charge is 2.09. The molecule has 0 aliphatic rings. The zero-order chi connectivity index (χ0) is 17.8. The molecule has 0 atom stereocenters. The molecule has 7 heteroatoms. The maximum Gasteiger partial charge on any atom is 0.242 e. The molecule has 0 saturated carbocycles. The van der Waals surface area contributed by atoms with Crippen LogP contribution in [-0.2, 0) is 24.4 Å². The Labute approximate surface area is 150 Å². The van der Waals surface area contributed by atoms with Crippen molar-refractivity contribution in [2.75, 3.05) is 0 Å². The van der Waals surface area contributed by atoms with Crippen molar-refractivity contribution < 1.29 is 4.79 Å². The molecule has 2 aromatic carbocycles. The Morgan fingerprint density at radius 1 is 1.00 bits per heavy atom. The van der Waals surface area contributed by atoms with Gasteiger partial charge in [-0.2, -0.15) is 5.10 Å². The minimum Gasteiger partial charge on any atom is -0.350 e. The first-order valence-electron chi connectivity index (χ1n) is 8.39. The molecule has 1 amide bonds.